The molecule has 0 aliphatic carbocycles. The number of nitrogens with zero attached hydrogens (tertiary/aromatic N) is 11. The number of furan rings is 4. The number of hydrogen-bond acceptors (Lipinski definition) is 11. The Kier molecular flexibility index (Phi) is 15.0. The molecule has 0 amide bonds. The molecule has 1 aromatic carbocycles. The first kappa shape index (κ1) is 57.0. The molecular formula is C73H77B4N11O4+4. The summed E-state index contributed by atoms with van der Waals surface area (Å²) < 4.78 is 55.3. The molecule has 12 aromatic rings. The molecule has 0 bridgehead atoms. The van der Waals surface area contributed by atoms with Crippen LogP contribution in [0.4, 0.5) is 23.3 Å². The summed E-state index contributed by atoms with van der Waals surface area (Å²) in [5, 5.41) is 4.29. The number of para-hydroxylation sites is 1. The summed E-state index contributed by atoms with van der Waals surface area (Å²) in [5.74, 6) is 12.3. The molecule has 11 aromatic heterocycles. The third-order valence-corrected chi connectivity index (χ3v) is 18.3. The molecule has 0 saturated carbocycles. The Morgan fingerprint density at radius 2 is 0.848 bits per heavy atom. The Balaban J connectivity index is 0.000000115. The smallest absolute Gasteiger partial charge is 0.398 e. The average Bonchev–Trinajstić information content (AvgIpc) is 1.67. The van der Waals surface area contributed by atoms with Crippen LogP contribution in [0, 0.1) is 55.3 Å². The van der Waals surface area contributed by atoms with Crippen molar-refractivity contribution in [2.45, 2.75) is 55.3 Å². The van der Waals surface area contributed by atoms with Crippen molar-refractivity contribution in [1.29, 1.82) is 0 Å². The van der Waals surface area contributed by atoms with E-state index in [0.29, 0.717) is 22.7 Å². The lowest BCUT2D eigenvalue weighted by molar-refractivity contribution is -0.654. The van der Waals surface area contributed by atoms with Crippen LogP contribution >= 0.6 is 0 Å². The molecule has 4 aliphatic rings. The van der Waals surface area contributed by atoms with Crippen molar-refractivity contribution in [3.05, 3.63) is 219 Å². The molecule has 0 N–H and O–H groups in total. The van der Waals surface area contributed by atoms with Gasteiger partial charge in [-0.1, -0.05) is 54.3 Å². The van der Waals surface area contributed by atoms with Crippen molar-refractivity contribution in [3.63, 3.8) is 0 Å². The SMILES string of the molecule is Cc1cc[n+](C)c(B2C=Cc3c(oc4nc(C)ccc34)N2C)c1.Cc1ccc(B2C=Cc3c(oc4nc(C)ccc34)N2C)[n+](C)c1.Cc1ccc2c3c(oc2n1)N(C)B(c1cc(C)c(C)c[n+]1C)C=C3.[2H]C([2H])([2H])c1ccc(B2C=Cc3oc4ccccc4c3N2C)[n+](C)c1. The highest BCUT2D eigenvalue weighted by atomic mass is 16.4. The third kappa shape index (κ3) is 11.2. The Morgan fingerprint density at radius 1 is 0.402 bits per heavy atom. The quantitative estimate of drug-likeness (QED) is 0.124. The second kappa shape index (κ2) is 24.2. The first-order valence-corrected chi connectivity index (χ1v) is 31.2. The van der Waals surface area contributed by atoms with E-state index in [-0.39, 0.29) is 27.4 Å². The first-order valence-electron chi connectivity index (χ1n) is 32.7. The predicted octanol–water partition coefficient (Wildman–Crippen LogP) is 9.29. The third-order valence-electron chi connectivity index (χ3n) is 18.3. The van der Waals surface area contributed by atoms with E-state index in [1.807, 2.05) is 88.0 Å². The average molecular weight is 1220 g/mol. The highest BCUT2D eigenvalue weighted by Crippen LogP contribution is 2.40. The Hall–Kier alpha value is -10.2. The van der Waals surface area contributed by atoms with Crippen molar-refractivity contribution in [2.75, 3.05) is 47.4 Å². The lowest BCUT2D eigenvalue weighted by Crippen LogP contribution is -2.60. The van der Waals surface area contributed by atoms with Gasteiger partial charge >= 0.3 is 27.4 Å². The number of benzene rings is 1. The van der Waals surface area contributed by atoms with Crippen LogP contribution < -0.4 is 59.9 Å². The molecule has 0 spiro atoms. The zero-order valence-electron chi connectivity index (χ0n) is 58.1. The number of pyridine rings is 7. The molecule has 19 heteroatoms. The van der Waals surface area contributed by atoms with Crippen LogP contribution in [0.3, 0.4) is 0 Å². The molecule has 456 valence electrons. The fourth-order valence-electron chi connectivity index (χ4n) is 13.2. The van der Waals surface area contributed by atoms with E-state index in [0.717, 1.165) is 95.6 Å². The molecule has 0 unspecified atom stereocenters. The van der Waals surface area contributed by atoms with E-state index < -0.39 is 6.85 Å². The summed E-state index contributed by atoms with van der Waals surface area (Å²) in [6.45, 7) is 12.8. The number of aryl methyl sites for hydroxylation is 12. The maximum absolute atomic E-state index is 7.57. The molecule has 4 aliphatic heterocycles. The molecule has 15 heterocycles. The van der Waals surface area contributed by atoms with E-state index in [1.54, 1.807) is 12.3 Å². The van der Waals surface area contributed by atoms with Gasteiger partial charge in [0.1, 0.15) is 39.5 Å². The number of aromatic nitrogens is 7. The van der Waals surface area contributed by atoms with Crippen LogP contribution in [-0.2, 0) is 28.2 Å². The monoisotopic (exact) mass is 1220 g/mol. The van der Waals surface area contributed by atoms with E-state index in [1.165, 1.54) is 39.0 Å². The van der Waals surface area contributed by atoms with Crippen LogP contribution in [-0.4, -0.2) is 70.5 Å². The maximum Gasteiger partial charge on any atom is 0.398 e. The zero-order valence-corrected chi connectivity index (χ0v) is 55.1. The van der Waals surface area contributed by atoms with Crippen LogP contribution in [0.2, 0.25) is 0 Å². The lowest BCUT2D eigenvalue weighted by Gasteiger charge is -2.26. The van der Waals surface area contributed by atoms with Gasteiger partial charge in [-0.3, -0.25) is 0 Å². The highest BCUT2D eigenvalue weighted by molar-refractivity contribution is 6.82. The van der Waals surface area contributed by atoms with Gasteiger partial charge in [0.05, 0.1) is 5.69 Å². The van der Waals surface area contributed by atoms with Gasteiger partial charge in [0.2, 0.25) is 17.1 Å². The largest absolute Gasteiger partial charge is 0.455 e. The molecule has 0 atom stereocenters. The summed E-state index contributed by atoms with van der Waals surface area (Å²) in [7, 11) is 16.4. The second-order valence-corrected chi connectivity index (χ2v) is 25.0. The van der Waals surface area contributed by atoms with Gasteiger partial charge in [-0.15, -0.1) is 0 Å². The first-order chi connectivity index (χ1) is 45.4. The van der Waals surface area contributed by atoms with Gasteiger partial charge in [-0.05, 0) is 174 Å². The lowest BCUT2D eigenvalue weighted by atomic mass is 9.55. The minimum Gasteiger partial charge on any atom is -0.455 e. The number of rotatable bonds is 4. The molecule has 92 heavy (non-hydrogen) atoms. The predicted molar refractivity (Wildman–Crippen MR) is 378 cm³/mol. The number of fused-ring (bicyclic) bond motifs is 12. The van der Waals surface area contributed by atoms with Gasteiger partial charge in [0.25, 0.3) is 0 Å². The number of hydrogen-bond donors (Lipinski definition) is 0. The van der Waals surface area contributed by atoms with Crippen molar-refractivity contribution >= 4 is 142 Å². The van der Waals surface area contributed by atoms with Gasteiger partial charge in [-0.2, -0.15) is 0 Å². The minimum absolute atomic E-state index is 0.00385. The van der Waals surface area contributed by atoms with Gasteiger partial charge < -0.3 is 36.9 Å². The molecular weight excluding hydrogens is 1140 g/mol. The van der Waals surface area contributed by atoms with Gasteiger partial charge in [0.15, 0.2) is 64.8 Å². The minimum atomic E-state index is -2.10. The van der Waals surface area contributed by atoms with Crippen LogP contribution in [0.15, 0.2) is 169 Å². The normalized spacial score (nSPS) is 14.4. The molecule has 0 saturated heterocycles. The summed E-state index contributed by atoms with van der Waals surface area (Å²) in [6.07, 6.45) is 16.6. The highest BCUT2D eigenvalue weighted by Gasteiger charge is 2.39. The maximum atomic E-state index is 7.57. The summed E-state index contributed by atoms with van der Waals surface area (Å²) in [6, 6.07) is 34.9. The van der Waals surface area contributed by atoms with Crippen LogP contribution in [0.5, 0.6) is 0 Å². The zero-order chi connectivity index (χ0) is 67.0. The summed E-state index contributed by atoms with van der Waals surface area (Å²) in [5.41, 5.74) is 20.5. The van der Waals surface area contributed by atoms with Crippen LogP contribution in [0.1, 0.15) is 71.5 Å². The van der Waals surface area contributed by atoms with Crippen molar-refractivity contribution in [1.82, 2.24) is 15.0 Å². The van der Waals surface area contributed by atoms with E-state index in [2.05, 4.69) is 233 Å². The van der Waals surface area contributed by atoms with E-state index >= 15 is 0 Å². The van der Waals surface area contributed by atoms with Crippen molar-refractivity contribution < 1.29 is 40.0 Å². The summed E-state index contributed by atoms with van der Waals surface area (Å²) in [4.78, 5) is 22.3. The van der Waals surface area contributed by atoms with E-state index in [4.69, 9.17) is 21.8 Å². The van der Waals surface area contributed by atoms with Crippen LogP contribution in [0.25, 0.3) is 68.6 Å². The number of anilines is 4. The van der Waals surface area contributed by atoms with Gasteiger partial charge in [-0.25, -0.2) is 33.2 Å². The Bertz CT molecular complexity index is 5150. The fraction of sp³-hybridized carbons (Fsp3) is 0.219. The summed E-state index contributed by atoms with van der Waals surface area (Å²) >= 11 is 0. The standard InChI is InChI=1S/C19H21BN3O.2C18H19BN3O.C18H18BN2O/c1-12-10-17(22(4)11-13(12)2)20-9-8-16-15-7-6-14(3)21-18(15)24-19(16)23(20)5;1-12-5-8-16(21(3)11-12)19-10-9-15-14-7-6-13(2)20-17(14)23-18(15)22(19)4;1-12-8-10-21(3)16(11-12)19-9-7-15-14-6-5-13(2)20-17(14)23-18(15)22(19)4;1-13-8-9-17(20(2)12-13)19-11-10-16-18(21(19)3)14-6-4-5-7-15(14)22-16/h6-11H,1-5H3;2*5-11H,1-4H3;4-12H,1-3H3/q4*+1/i;;;1D3. The van der Waals surface area contributed by atoms with Crippen molar-refractivity contribution in [3.8, 4) is 0 Å². The molecule has 16 rings (SSSR count). The van der Waals surface area contributed by atoms with E-state index in [9.17, 15) is 0 Å². The molecule has 15 nitrogen and oxygen atoms in total. The topological polar surface area (TPSA) is 120 Å². The van der Waals surface area contributed by atoms with Crippen molar-refractivity contribution in [2.24, 2.45) is 28.2 Å². The molecule has 0 radical (unpaired) electrons. The Labute approximate surface area is 544 Å². The second-order valence-electron chi connectivity index (χ2n) is 25.0. The molecule has 0 fully saturated rings. The Morgan fingerprint density at radius 3 is 1.36 bits per heavy atom. The van der Waals surface area contributed by atoms with Gasteiger partial charge in [0, 0.05) is 94.3 Å². The fourth-order valence-corrected chi connectivity index (χ4v) is 13.2.